The molecule has 8 nitrogen and oxygen atoms in total. The zero-order chi connectivity index (χ0) is 19.8. The van der Waals surface area contributed by atoms with E-state index in [1.54, 1.807) is 23.6 Å². The molecular weight excluding hydrogens is 359 g/mol. The molecule has 0 unspecified atom stereocenters. The summed E-state index contributed by atoms with van der Waals surface area (Å²) in [6, 6.07) is 0. The molecule has 1 aliphatic rings. The number of rotatable bonds is 7. The summed E-state index contributed by atoms with van der Waals surface area (Å²) in [5.41, 5.74) is -0.540. The topological polar surface area (TPSA) is 85.4 Å². The van der Waals surface area contributed by atoms with Gasteiger partial charge >= 0.3 is 13.7 Å². The van der Waals surface area contributed by atoms with E-state index in [2.05, 4.69) is 0 Å². The lowest BCUT2D eigenvalue weighted by atomic mass is 10.2. The smallest absolute Gasteiger partial charge is 0.410 e. The highest BCUT2D eigenvalue weighted by atomic mass is 31.2. The standard InChI is InChI=1S/C17H31N2O6P/c1-6-23-26(22,24-7-2)14-8-9-15(20)18-10-12-19(13-11-18)16(21)25-17(3,4)5/h8-9H,6-7,10-14H2,1-5H3/b9-8+. The second kappa shape index (κ2) is 10.1. The van der Waals surface area contributed by atoms with Crippen molar-refractivity contribution < 1.29 is 27.9 Å². The van der Waals surface area contributed by atoms with E-state index < -0.39 is 13.2 Å². The van der Waals surface area contributed by atoms with Gasteiger partial charge in [0.05, 0.1) is 19.4 Å². The zero-order valence-corrected chi connectivity index (χ0v) is 17.3. The van der Waals surface area contributed by atoms with Crippen molar-refractivity contribution in [2.45, 2.75) is 40.2 Å². The van der Waals surface area contributed by atoms with Crippen molar-refractivity contribution in [1.29, 1.82) is 0 Å². The van der Waals surface area contributed by atoms with Crippen molar-refractivity contribution in [2.75, 3.05) is 45.6 Å². The molecule has 9 heteroatoms. The molecule has 0 aromatic heterocycles. The molecule has 1 fully saturated rings. The van der Waals surface area contributed by atoms with Gasteiger partial charge in [0.2, 0.25) is 5.91 Å². The van der Waals surface area contributed by atoms with Crippen LogP contribution in [-0.4, -0.2) is 73.0 Å². The van der Waals surface area contributed by atoms with Gasteiger partial charge in [-0.05, 0) is 40.7 Å². The van der Waals surface area contributed by atoms with E-state index >= 15 is 0 Å². The van der Waals surface area contributed by atoms with Gasteiger partial charge in [-0.3, -0.25) is 9.36 Å². The van der Waals surface area contributed by atoms with Gasteiger partial charge in [-0.25, -0.2) is 4.79 Å². The second-order valence-electron chi connectivity index (χ2n) is 6.82. The molecule has 1 heterocycles. The van der Waals surface area contributed by atoms with Crippen LogP contribution in [0.3, 0.4) is 0 Å². The van der Waals surface area contributed by atoms with Gasteiger partial charge < -0.3 is 23.6 Å². The van der Waals surface area contributed by atoms with Crippen LogP contribution < -0.4 is 0 Å². The van der Waals surface area contributed by atoms with Gasteiger partial charge in [0.1, 0.15) is 5.60 Å². The maximum atomic E-state index is 12.3. The van der Waals surface area contributed by atoms with Gasteiger partial charge in [-0.15, -0.1) is 0 Å². The lowest BCUT2D eigenvalue weighted by molar-refractivity contribution is -0.127. The number of allylic oxidation sites excluding steroid dienone is 1. The fourth-order valence-corrected chi connectivity index (χ4v) is 3.80. The first-order valence-corrected chi connectivity index (χ1v) is 10.6. The van der Waals surface area contributed by atoms with Crippen LogP contribution in [0, 0.1) is 0 Å². The molecule has 0 bridgehead atoms. The summed E-state index contributed by atoms with van der Waals surface area (Å²) in [7, 11) is -3.19. The Bertz CT molecular complexity index is 540. The highest BCUT2D eigenvalue weighted by Gasteiger charge is 2.27. The summed E-state index contributed by atoms with van der Waals surface area (Å²) >= 11 is 0. The average Bonchev–Trinajstić information content (AvgIpc) is 2.53. The highest BCUT2D eigenvalue weighted by molar-refractivity contribution is 7.54. The molecular formula is C17H31N2O6P. The Labute approximate surface area is 156 Å². The van der Waals surface area contributed by atoms with Gasteiger partial charge in [-0.2, -0.15) is 0 Å². The molecule has 0 atom stereocenters. The first-order chi connectivity index (χ1) is 12.1. The number of carbonyl (C=O) groups excluding carboxylic acids is 2. The van der Waals surface area contributed by atoms with Crippen LogP contribution in [0.15, 0.2) is 12.2 Å². The Balaban J connectivity index is 2.48. The van der Waals surface area contributed by atoms with E-state index in [1.807, 2.05) is 20.8 Å². The van der Waals surface area contributed by atoms with Crippen LogP contribution in [0.1, 0.15) is 34.6 Å². The molecule has 1 aliphatic heterocycles. The average molecular weight is 390 g/mol. The van der Waals surface area contributed by atoms with Crippen molar-refractivity contribution in [3.63, 3.8) is 0 Å². The second-order valence-corrected chi connectivity index (χ2v) is 8.93. The predicted molar refractivity (Wildman–Crippen MR) is 99.3 cm³/mol. The molecule has 0 aromatic rings. The Hall–Kier alpha value is -1.37. The largest absolute Gasteiger partial charge is 0.444 e. The lowest BCUT2D eigenvalue weighted by Crippen LogP contribution is -2.51. The third kappa shape index (κ3) is 7.89. The number of carbonyl (C=O) groups is 2. The predicted octanol–water partition coefficient (Wildman–Crippen LogP) is 2.89. The molecule has 2 amide bonds. The fourth-order valence-electron chi connectivity index (χ4n) is 2.36. The Morgan fingerprint density at radius 2 is 1.50 bits per heavy atom. The molecule has 1 saturated heterocycles. The maximum absolute atomic E-state index is 12.3. The van der Waals surface area contributed by atoms with Gasteiger partial charge in [-0.1, -0.05) is 6.08 Å². The zero-order valence-electron chi connectivity index (χ0n) is 16.4. The summed E-state index contributed by atoms with van der Waals surface area (Å²) in [6.07, 6.45) is 2.59. The normalized spacial score (nSPS) is 16.2. The molecule has 0 saturated carbocycles. The SMILES string of the molecule is CCOP(=O)(C/C=C/C(=O)N1CCN(C(=O)OC(C)(C)C)CC1)OCC. The fraction of sp³-hybridized carbons (Fsp3) is 0.765. The van der Waals surface area contributed by atoms with Crippen molar-refractivity contribution in [1.82, 2.24) is 9.80 Å². The number of nitrogens with zero attached hydrogens (tertiary/aromatic N) is 2. The van der Waals surface area contributed by atoms with Crippen LogP contribution in [-0.2, 0) is 23.1 Å². The number of hydrogen-bond donors (Lipinski definition) is 0. The van der Waals surface area contributed by atoms with E-state index in [4.69, 9.17) is 13.8 Å². The van der Waals surface area contributed by atoms with Crippen molar-refractivity contribution in [3.05, 3.63) is 12.2 Å². The molecule has 0 N–H and O–H groups in total. The Morgan fingerprint density at radius 1 is 1.00 bits per heavy atom. The quantitative estimate of drug-likeness (QED) is 0.491. The van der Waals surface area contributed by atoms with Crippen LogP contribution in [0.2, 0.25) is 0 Å². The minimum atomic E-state index is -3.19. The molecule has 0 aromatic carbocycles. The molecule has 1 rings (SSSR count). The maximum Gasteiger partial charge on any atom is 0.410 e. The van der Waals surface area contributed by atoms with Gasteiger partial charge in [0.15, 0.2) is 0 Å². The highest BCUT2D eigenvalue weighted by Crippen LogP contribution is 2.47. The summed E-state index contributed by atoms with van der Waals surface area (Å²) < 4.78 is 28.0. The van der Waals surface area contributed by atoms with E-state index in [9.17, 15) is 14.2 Å². The monoisotopic (exact) mass is 390 g/mol. The Morgan fingerprint density at radius 3 is 1.96 bits per heavy atom. The van der Waals surface area contributed by atoms with Crippen LogP contribution in [0.25, 0.3) is 0 Å². The minimum absolute atomic E-state index is 0.0539. The minimum Gasteiger partial charge on any atom is -0.444 e. The third-order valence-corrected chi connectivity index (χ3v) is 5.45. The van der Waals surface area contributed by atoms with Crippen molar-refractivity contribution in [2.24, 2.45) is 0 Å². The summed E-state index contributed by atoms with van der Waals surface area (Å²) in [5, 5.41) is 0. The number of ether oxygens (including phenoxy) is 1. The number of hydrogen-bond acceptors (Lipinski definition) is 6. The van der Waals surface area contributed by atoms with Gasteiger partial charge in [0, 0.05) is 26.2 Å². The summed E-state index contributed by atoms with van der Waals surface area (Å²) in [4.78, 5) is 27.5. The summed E-state index contributed by atoms with van der Waals surface area (Å²) in [6.45, 7) is 11.2. The van der Waals surface area contributed by atoms with E-state index in [1.165, 1.54) is 12.2 Å². The molecule has 150 valence electrons. The van der Waals surface area contributed by atoms with Crippen LogP contribution in [0.4, 0.5) is 4.79 Å². The van der Waals surface area contributed by atoms with E-state index in [-0.39, 0.29) is 31.4 Å². The Kier molecular flexibility index (Phi) is 8.80. The van der Waals surface area contributed by atoms with E-state index in [0.717, 1.165) is 0 Å². The van der Waals surface area contributed by atoms with E-state index in [0.29, 0.717) is 26.2 Å². The van der Waals surface area contributed by atoms with Crippen molar-refractivity contribution >= 4 is 19.6 Å². The van der Waals surface area contributed by atoms with Crippen molar-refractivity contribution in [3.8, 4) is 0 Å². The number of piperazine rings is 1. The summed E-state index contributed by atoms with van der Waals surface area (Å²) in [5.74, 6) is -0.187. The third-order valence-electron chi connectivity index (χ3n) is 3.48. The first kappa shape index (κ1) is 22.7. The number of amides is 2. The molecule has 0 radical (unpaired) electrons. The lowest BCUT2D eigenvalue weighted by Gasteiger charge is -2.35. The first-order valence-electron chi connectivity index (χ1n) is 8.91. The van der Waals surface area contributed by atoms with Crippen LogP contribution >= 0.6 is 7.60 Å². The molecule has 0 aliphatic carbocycles. The van der Waals surface area contributed by atoms with Gasteiger partial charge in [0.25, 0.3) is 0 Å². The van der Waals surface area contributed by atoms with Crippen LogP contribution in [0.5, 0.6) is 0 Å². The molecule has 26 heavy (non-hydrogen) atoms. The molecule has 0 spiro atoms.